The minimum Gasteiger partial charge on any atom is -0.366 e. The van der Waals surface area contributed by atoms with E-state index in [4.69, 9.17) is 4.74 Å². The molecule has 1 aliphatic heterocycles. The third kappa shape index (κ3) is 5.01. The molecule has 0 spiro atoms. The first-order valence-corrected chi connectivity index (χ1v) is 6.24. The van der Waals surface area contributed by atoms with Crippen LogP contribution in [0.15, 0.2) is 0 Å². The maximum absolute atomic E-state index is 11.8. The Morgan fingerprint density at radius 2 is 2.06 bits per heavy atom. The molecule has 3 N–H and O–H groups in total. The number of carbonyl (C=O) groups excluding carboxylic acids is 2. The van der Waals surface area contributed by atoms with Gasteiger partial charge in [0.05, 0.1) is 6.61 Å². The largest absolute Gasteiger partial charge is 0.366 e. The Bertz CT molecular complexity index is 306. The van der Waals surface area contributed by atoms with Gasteiger partial charge in [-0.3, -0.25) is 9.59 Å². The predicted octanol–water partition coefficient (Wildman–Crippen LogP) is -0.606. The van der Waals surface area contributed by atoms with Crippen molar-refractivity contribution in [1.29, 1.82) is 0 Å². The lowest BCUT2D eigenvalue weighted by Crippen LogP contribution is -2.55. The Labute approximate surface area is 108 Å². The molecule has 1 rings (SSSR count). The lowest BCUT2D eigenvalue weighted by atomic mass is 10.1. The van der Waals surface area contributed by atoms with E-state index in [1.54, 1.807) is 6.92 Å². The molecule has 2 amide bonds. The molecule has 0 saturated carbocycles. The molecular weight excluding hydrogens is 234 g/mol. The molecule has 18 heavy (non-hydrogen) atoms. The first-order chi connectivity index (χ1) is 8.29. The second-order valence-corrected chi connectivity index (χ2v) is 5.53. The molecule has 0 aromatic rings. The molecule has 1 saturated heterocycles. The highest BCUT2D eigenvalue weighted by atomic mass is 16.5. The summed E-state index contributed by atoms with van der Waals surface area (Å²) in [5.41, 5.74) is -0.307. The van der Waals surface area contributed by atoms with Crippen LogP contribution in [0.25, 0.3) is 0 Å². The van der Waals surface area contributed by atoms with Gasteiger partial charge in [-0.1, -0.05) is 0 Å². The van der Waals surface area contributed by atoms with Crippen molar-refractivity contribution in [2.45, 2.75) is 45.4 Å². The molecule has 0 radical (unpaired) electrons. The van der Waals surface area contributed by atoms with Gasteiger partial charge in [-0.2, -0.15) is 0 Å². The van der Waals surface area contributed by atoms with Crippen molar-refractivity contribution in [1.82, 2.24) is 16.0 Å². The predicted molar refractivity (Wildman–Crippen MR) is 68.1 cm³/mol. The molecule has 0 bridgehead atoms. The molecule has 0 aliphatic carbocycles. The summed E-state index contributed by atoms with van der Waals surface area (Å²) in [5, 5.41) is 8.54. The van der Waals surface area contributed by atoms with E-state index in [9.17, 15) is 9.59 Å². The molecule has 6 heteroatoms. The van der Waals surface area contributed by atoms with Crippen LogP contribution in [0.1, 0.15) is 27.7 Å². The van der Waals surface area contributed by atoms with Crippen molar-refractivity contribution in [3.8, 4) is 0 Å². The molecule has 104 valence electrons. The number of amides is 2. The lowest BCUT2D eigenvalue weighted by Gasteiger charge is -2.26. The Morgan fingerprint density at radius 3 is 2.56 bits per heavy atom. The van der Waals surface area contributed by atoms with E-state index in [0.29, 0.717) is 13.2 Å². The minimum atomic E-state index is -0.567. The standard InChI is InChI=1S/C12H23N3O3/c1-8(10(16)15-12(2,3)4)14-11(17)9-7-13-5-6-18-9/h8-9,13H,5-7H2,1-4H3,(H,14,17)(H,15,16). The maximum atomic E-state index is 11.8. The van der Waals surface area contributed by atoms with E-state index >= 15 is 0 Å². The first kappa shape index (κ1) is 14.9. The van der Waals surface area contributed by atoms with E-state index in [0.717, 1.165) is 6.54 Å². The van der Waals surface area contributed by atoms with Crippen LogP contribution >= 0.6 is 0 Å². The monoisotopic (exact) mass is 257 g/mol. The first-order valence-electron chi connectivity index (χ1n) is 6.24. The van der Waals surface area contributed by atoms with Crippen LogP contribution in [0.2, 0.25) is 0 Å². The quantitative estimate of drug-likeness (QED) is 0.630. The van der Waals surface area contributed by atoms with Gasteiger partial charge in [-0.15, -0.1) is 0 Å². The molecule has 0 aromatic heterocycles. The minimum absolute atomic E-state index is 0.195. The van der Waals surface area contributed by atoms with Gasteiger partial charge < -0.3 is 20.7 Å². The van der Waals surface area contributed by atoms with Crippen molar-refractivity contribution in [3.05, 3.63) is 0 Å². The van der Waals surface area contributed by atoms with Crippen LogP contribution in [0.4, 0.5) is 0 Å². The zero-order valence-corrected chi connectivity index (χ0v) is 11.5. The average Bonchev–Trinajstić information content (AvgIpc) is 2.27. The summed E-state index contributed by atoms with van der Waals surface area (Å²) in [4.78, 5) is 23.6. The van der Waals surface area contributed by atoms with Gasteiger partial charge in [0.1, 0.15) is 12.1 Å². The number of hydrogen-bond acceptors (Lipinski definition) is 4. The van der Waals surface area contributed by atoms with Gasteiger partial charge in [-0.05, 0) is 27.7 Å². The Balaban J connectivity index is 2.41. The SMILES string of the molecule is CC(NC(=O)C1CNCCO1)C(=O)NC(C)(C)C. The number of nitrogens with one attached hydrogen (secondary N) is 3. The van der Waals surface area contributed by atoms with Gasteiger partial charge in [0.25, 0.3) is 5.91 Å². The van der Waals surface area contributed by atoms with Crippen LogP contribution in [0.3, 0.4) is 0 Å². The smallest absolute Gasteiger partial charge is 0.251 e. The highest BCUT2D eigenvalue weighted by molar-refractivity contribution is 5.89. The fraction of sp³-hybridized carbons (Fsp3) is 0.833. The number of hydrogen-bond donors (Lipinski definition) is 3. The molecule has 0 aromatic carbocycles. The number of carbonyl (C=O) groups is 2. The zero-order chi connectivity index (χ0) is 13.8. The topological polar surface area (TPSA) is 79.5 Å². The number of ether oxygens (including phenoxy) is 1. The third-order valence-electron chi connectivity index (χ3n) is 2.47. The van der Waals surface area contributed by atoms with Gasteiger partial charge in [0.2, 0.25) is 5.91 Å². The van der Waals surface area contributed by atoms with Crippen molar-refractivity contribution in [2.75, 3.05) is 19.7 Å². The van der Waals surface area contributed by atoms with Crippen LogP contribution < -0.4 is 16.0 Å². The third-order valence-corrected chi connectivity index (χ3v) is 2.47. The van der Waals surface area contributed by atoms with Crippen LogP contribution in [0.5, 0.6) is 0 Å². The van der Waals surface area contributed by atoms with Gasteiger partial charge in [0.15, 0.2) is 0 Å². The van der Waals surface area contributed by atoms with Crippen molar-refractivity contribution >= 4 is 11.8 Å². The molecule has 2 atom stereocenters. The van der Waals surface area contributed by atoms with Crippen LogP contribution in [0, 0.1) is 0 Å². The molecule has 6 nitrogen and oxygen atoms in total. The van der Waals surface area contributed by atoms with E-state index in [1.807, 2.05) is 20.8 Å². The summed E-state index contributed by atoms with van der Waals surface area (Å²) in [6, 6.07) is -0.567. The fourth-order valence-corrected chi connectivity index (χ4v) is 1.58. The normalized spacial score (nSPS) is 22.1. The summed E-state index contributed by atoms with van der Waals surface area (Å²) in [5.74, 6) is -0.446. The van der Waals surface area contributed by atoms with Gasteiger partial charge in [0, 0.05) is 18.6 Å². The van der Waals surface area contributed by atoms with Crippen molar-refractivity contribution < 1.29 is 14.3 Å². The maximum Gasteiger partial charge on any atom is 0.251 e. The Kier molecular flexibility index (Phi) is 5.10. The second-order valence-electron chi connectivity index (χ2n) is 5.53. The summed E-state index contributed by atoms with van der Waals surface area (Å²) in [6.07, 6.45) is -0.511. The van der Waals surface area contributed by atoms with E-state index in [1.165, 1.54) is 0 Å². The Hall–Kier alpha value is -1.14. The number of morpholine rings is 1. The average molecular weight is 257 g/mol. The summed E-state index contributed by atoms with van der Waals surface area (Å²) >= 11 is 0. The van der Waals surface area contributed by atoms with Gasteiger partial charge >= 0.3 is 0 Å². The molecular formula is C12H23N3O3. The van der Waals surface area contributed by atoms with Crippen molar-refractivity contribution in [2.24, 2.45) is 0 Å². The molecule has 2 unspecified atom stereocenters. The summed E-state index contributed by atoms with van der Waals surface area (Å²) in [6.45, 7) is 9.11. The van der Waals surface area contributed by atoms with E-state index in [-0.39, 0.29) is 17.4 Å². The number of rotatable bonds is 3. The van der Waals surface area contributed by atoms with Crippen LogP contribution in [-0.2, 0) is 14.3 Å². The zero-order valence-electron chi connectivity index (χ0n) is 11.5. The lowest BCUT2D eigenvalue weighted by molar-refractivity contribution is -0.137. The van der Waals surface area contributed by atoms with E-state index < -0.39 is 12.1 Å². The molecule has 1 aliphatic rings. The van der Waals surface area contributed by atoms with Gasteiger partial charge in [-0.25, -0.2) is 0 Å². The Morgan fingerprint density at radius 1 is 1.39 bits per heavy atom. The fourth-order valence-electron chi connectivity index (χ4n) is 1.58. The summed E-state index contributed by atoms with van der Waals surface area (Å²) < 4.78 is 5.32. The molecule has 1 fully saturated rings. The highest BCUT2D eigenvalue weighted by Gasteiger charge is 2.26. The van der Waals surface area contributed by atoms with E-state index in [2.05, 4.69) is 16.0 Å². The second kappa shape index (κ2) is 6.15. The highest BCUT2D eigenvalue weighted by Crippen LogP contribution is 2.01. The van der Waals surface area contributed by atoms with Crippen LogP contribution in [-0.4, -0.2) is 49.2 Å². The summed E-state index contributed by atoms with van der Waals surface area (Å²) in [7, 11) is 0. The molecule has 1 heterocycles. The van der Waals surface area contributed by atoms with Crippen molar-refractivity contribution in [3.63, 3.8) is 0 Å².